The number of nitrogens with two attached hydrogens (primary N) is 1. The Bertz CT molecular complexity index is 529. The normalized spacial score (nSPS) is 10.8. The van der Waals surface area contributed by atoms with Gasteiger partial charge in [-0.05, 0) is 30.7 Å². The number of nitrogens with zero attached hydrogens (tertiary/aromatic N) is 2. The van der Waals surface area contributed by atoms with Crippen molar-refractivity contribution in [1.82, 2.24) is 9.55 Å². The molecule has 0 saturated heterocycles. The van der Waals surface area contributed by atoms with Gasteiger partial charge in [0.25, 0.3) is 0 Å². The molecule has 2 aromatic rings. The molecule has 0 atom stereocenters. The number of imidazole rings is 1. The second-order valence-corrected chi connectivity index (χ2v) is 4.27. The molecule has 1 aromatic carbocycles. The second kappa shape index (κ2) is 5.21. The molecular weight excluding hydrogens is 229 g/mol. The van der Waals surface area contributed by atoms with Gasteiger partial charge < -0.3 is 10.3 Å². The van der Waals surface area contributed by atoms with E-state index in [1.807, 2.05) is 4.57 Å². The maximum atomic E-state index is 12.9. The fourth-order valence-corrected chi connectivity index (χ4v) is 2.08. The van der Waals surface area contributed by atoms with Gasteiger partial charge in [0.15, 0.2) is 0 Å². The minimum Gasteiger partial charge on any atom is -0.383 e. The van der Waals surface area contributed by atoms with E-state index in [4.69, 9.17) is 5.73 Å². The monoisotopic (exact) mass is 247 g/mol. The van der Waals surface area contributed by atoms with Crippen molar-refractivity contribution in [2.45, 2.75) is 33.2 Å². The lowest BCUT2D eigenvalue weighted by atomic mass is 10.1. The zero-order chi connectivity index (χ0) is 13.1. The van der Waals surface area contributed by atoms with Crippen LogP contribution in [0.3, 0.4) is 0 Å². The van der Waals surface area contributed by atoms with E-state index >= 15 is 0 Å². The highest BCUT2D eigenvalue weighted by Gasteiger charge is 2.14. The molecule has 1 aromatic heterocycles. The van der Waals surface area contributed by atoms with Crippen LogP contribution < -0.4 is 5.73 Å². The van der Waals surface area contributed by atoms with Crippen LogP contribution in [0.15, 0.2) is 24.3 Å². The Balaban J connectivity index is 2.48. The summed E-state index contributed by atoms with van der Waals surface area (Å²) in [5.74, 6) is 1.40. The molecule has 4 heteroatoms. The van der Waals surface area contributed by atoms with Gasteiger partial charge >= 0.3 is 0 Å². The lowest BCUT2D eigenvalue weighted by molar-refractivity contribution is 0.628. The van der Waals surface area contributed by atoms with Crippen molar-refractivity contribution in [1.29, 1.82) is 0 Å². The molecular formula is C14H18FN3. The molecule has 3 nitrogen and oxygen atoms in total. The highest BCUT2D eigenvalue weighted by atomic mass is 19.1. The summed E-state index contributed by atoms with van der Waals surface area (Å²) in [5.41, 5.74) is 7.75. The molecule has 18 heavy (non-hydrogen) atoms. The third-order valence-corrected chi connectivity index (χ3v) is 2.97. The summed E-state index contributed by atoms with van der Waals surface area (Å²) in [5, 5.41) is 0. The molecule has 1 heterocycles. The predicted octanol–water partition coefficient (Wildman–Crippen LogP) is 3.24. The summed E-state index contributed by atoms with van der Waals surface area (Å²) in [7, 11) is 0. The molecule has 0 spiro atoms. The van der Waals surface area contributed by atoms with Crippen molar-refractivity contribution in [3.63, 3.8) is 0 Å². The van der Waals surface area contributed by atoms with Crippen LogP contribution in [0.4, 0.5) is 10.2 Å². The van der Waals surface area contributed by atoms with Crippen molar-refractivity contribution in [3.8, 4) is 11.3 Å². The minimum absolute atomic E-state index is 0.249. The van der Waals surface area contributed by atoms with E-state index in [2.05, 4.69) is 18.8 Å². The van der Waals surface area contributed by atoms with Crippen LogP contribution in [-0.4, -0.2) is 9.55 Å². The van der Waals surface area contributed by atoms with Gasteiger partial charge in [0, 0.05) is 18.5 Å². The van der Waals surface area contributed by atoms with Crippen molar-refractivity contribution in [2.75, 3.05) is 5.73 Å². The first-order chi connectivity index (χ1) is 8.67. The Labute approximate surface area is 106 Å². The van der Waals surface area contributed by atoms with E-state index in [0.29, 0.717) is 5.82 Å². The lowest BCUT2D eigenvalue weighted by Crippen LogP contribution is -2.06. The van der Waals surface area contributed by atoms with Crippen LogP contribution in [0, 0.1) is 5.82 Å². The maximum Gasteiger partial charge on any atom is 0.131 e. The van der Waals surface area contributed by atoms with Gasteiger partial charge in [-0.25, -0.2) is 9.37 Å². The van der Waals surface area contributed by atoms with E-state index in [9.17, 15) is 4.39 Å². The molecule has 0 amide bonds. The topological polar surface area (TPSA) is 43.8 Å². The molecule has 0 bridgehead atoms. The van der Waals surface area contributed by atoms with Gasteiger partial charge in [-0.1, -0.05) is 13.8 Å². The van der Waals surface area contributed by atoms with E-state index in [0.717, 1.165) is 36.5 Å². The quantitative estimate of drug-likeness (QED) is 0.901. The fourth-order valence-electron chi connectivity index (χ4n) is 2.08. The number of hydrogen-bond donors (Lipinski definition) is 1. The number of halogens is 1. The highest BCUT2D eigenvalue weighted by molar-refractivity contribution is 5.71. The summed E-state index contributed by atoms with van der Waals surface area (Å²) in [6.07, 6.45) is 1.85. The van der Waals surface area contributed by atoms with Gasteiger partial charge in [-0.3, -0.25) is 0 Å². The van der Waals surface area contributed by atoms with Crippen LogP contribution in [0.25, 0.3) is 11.3 Å². The SMILES string of the molecule is CCCn1c(CC)nc(-c2ccc(F)cc2)c1N. The van der Waals surface area contributed by atoms with Gasteiger partial charge in [0.1, 0.15) is 23.2 Å². The van der Waals surface area contributed by atoms with Crippen LogP contribution in [0.5, 0.6) is 0 Å². The third kappa shape index (κ3) is 2.23. The summed E-state index contributed by atoms with van der Waals surface area (Å²) in [6, 6.07) is 6.28. The first kappa shape index (κ1) is 12.6. The Morgan fingerprint density at radius 1 is 1.22 bits per heavy atom. The number of rotatable bonds is 4. The van der Waals surface area contributed by atoms with Crippen LogP contribution in [0.2, 0.25) is 0 Å². The van der Waals surface area contributed by atoms with E-state index < -0.39 is 0 Å². The summed E-state index contributed by atoms with van der Waals surface area (Å²) >= 11 is 0. The molecule has 0 aliphatic carbocycles. The molecule has 2 N–H and O–H groups in total. The average Bonchev–Trinajstić information content (AvgIpc) is 2.69. The molecule has 0 aliphatic rings. The molecule has 0 aliphatic heterocycles. The largest absolute Gasteiger partial charge is 0.383 e. The van der Waals surface area contributed by atoms with Crippen LogP contribution in [0.1, 0.15) is 26.1 Å². The molecule has 0 saturated carbocycles. The fraction of sp³-hybridized carbons (Fsp3) is 0.357. The van der Waals surface area contributed by atoms with Crippen LogP contribution in [-0.2, 0) is 13.0 Å². The first-order valence-corrected chi connectivity index (χ1v) is 6.28. The summed E-state index contributed by atoms with van der Waals surface area (Å²) < 4.78 is 15.0. The maximum absolute atomic E-state index is 12.9. The van der Waals surface area contributed by atoms with Crippen molar-refractivity contribution >= 4 is 5.82 Å². The van der Waals surface area contributed by atoms with Crippen LogP contribution >= 0.6 is 0 Å². The Morgan fingerprint density at radius 2 is 1.89 bits per heavy atom. The van der Waals surface area contributed by atoms with E-state index in [1.54, 1.807) is 12.1 Å². The lowest BCUT2D eigenvalue weighted by Gasteiger charge is -2.06. The second-order valence-electron chi connectivity index (χ2n) is 4.27. The molecule has 0 fully saturated rings. The molecule has 96 valence electrons. The highest BCUT2D eigenvalue weighted by Crippen LogP contribution is 2.27. The molecule has 0 unspecified atom stereocenters. The number of aryl methyl sites for hydroxylation is 1. The number of aromatic nitrogens is 2. The van der Waals surface area contributed by atoms with Gasteiger partial charge in [-0.15, -0.1) is 0 Å². The molecule has 0 radical (unpaired) electrons. The van der Waals surface area contributed by atoms with E-state index in [-0.39, 0.29) is 5.82 Å². The van der Waals surface area contributed by atoms with Gasteiger partial charge in [0.05, 0.1) is 0 Å². The number of benzene rings is 1. The van der Waals surface area contributed by atoms with Crippen molar-refractivity contribution < 1.29 is 4.39 Å². The van der Waals surface area contributed by atoms with Gasteiger partial charge in [0.2, 0.25) is 0 Å². The number of hydrogen-bond acceptors (Lipinski definition) is 2. The summed E-state index contributed by atoms with van der Waals surface area (Å²) in [6.45, 7) is 5.03. The standard InChI is InChI=1S/C14H18FN3/c1-3-9-18-12(4-2)17-13(14(18)16)10-5-7-11(15)8-6-10/h5-8H,3-4,9,16H2,1-2H3. The Morgan fingerprint density at radius 3 is 2.44 bits per heavy atom. The predicted molar refractivity (Wildman–Crippen MR) is 71.7 cm³/mol. The van der Waals surface area contributed by atoms with Crippen molar-refractivity contribution in [2.24, 2.45) is 0 Å². The average molecular weight is 247 g/mol. The zero-order valence-corrected chi connectivity index (χ0v) is 10.8. The third-order valence-electron chi connectivity index (χ3n) is 2.97. The summed E-state index contributed by atoms with van der Waals surface area (Å²) in [4.78, 5) is 4.56. The van der Waals surface area contributed by atoms with E-state index in [1.165, 1.54) is 12.1 Å². The Hall–Kier alpha value is -1.84. The minimum atomic E-state index is -0.249. The number of nitrogen functional groups attached to an aromatic ring is 1. The zero-order valence-electron chi connectivity index (χ0n) is 10.8. The first-order valence-electron chi connectivity index (χ1n) is 6.28. The smallest absolute Gasteiger partial charge is 0.131 e. The number of anilines is 1. The molecule has 2 rings (SSSR count). The Kier molecular flexibility index (Phi) is 3.65. The van der Waals surface area contributed by atoms with Crippen molar-refractivity contribution in [3.05, 3.63) is 35.9 Å². The van der Waals surface area contributed by atoms with Gasteiger partial charge in [-0.2, -0.15) is 0 Å².